The second kappa shape index (κ2) is 7.30. The van der Waals surface area contributed by atoms with E-state index in [1.54, 1.807) is 24.5 Å². The second-order valence-corrected chi connectivity index (χ2v) is 6.34. The summed E-state index contributed by atoms with van der Waals surface area (Å²) in [5.74, 6) is 0.321. The first-order valence-corrected chi connectivity index (χ1v) is 8.24. The number of aromatic nitrogens is 3. The number of hydrogen-bond donors (Lipinski definition) is 1. The Bertz CT molecular complexity index is 810. The Morgan fingerprint density at radius 3 is 2.96 bits per heavy atom. The van der Waals surface area contributed by atoms with Gasteiger partial charge in [0.15, 0.2) is 11.6 Å². The van der Waals surface area contributed by atoms with Crippen molar-refractivity contribution in [3.63, 3.8) is 0 Å². The first-order valence-electron chi connectivity index (χ1n) is 6.63. The lowest BCUT2D eigenvalue weighted by Gasteiger charge is -2.05. The molecule has 0 atom stereocenters. The van der Waals surface area contributed by atoms with Gasteiger partial charge in [0, 0.05) is 22.4 Å². The monoisotopic (exact) mass is 390 g/mol. The van der Waals surface area contributed by atoms with Crippen LogP contribution in [0.4, 0.5) is 5.13 Å². The first-order chi connectivity index (χ1) is 11.2. The van der Waals surface area contributed by atoms with E-state index < -0.39 is 0 Å². The molecule has 3 aromatic rings. The average Bonchev–Trinajstić information content (AvgIpc) is 3.02. The molecule has 3 rings (SSSR count). The standard InChI is InChI=1S/C15H11BrN4O2S/c16-11-4-1-5-12(7-11)22-9-13(21)18-15-20-19-14(23-15)10-3-2-6-17-8-10/h1-8H,9H2,(H,18,20,21). The predicted molar refractivity (Wildman–Crippen MR) is 91.4 cm³/mol. The molecule has 0 radical (unpaired) electrons. The largest absolute Gasteiger partial charge is 0.484 e. The zero-order valence-corrected chi connectivity index (χ0v) is 14.2. The van der Waals surface area contributed by atoms with Crippen LogP contribution in [-0.2, 0) is 4.79 Å². The number of amides is 1. The van der Waals surface area contributed by atoms with E-state index in [4.69, 9.17) is 4.74 Å². The molecule has 1 amide bonds. The lowest BCUT2D eigenvalue weighted by atomic mass is 10.3. The molecule has 1 aromatic carbocycles. The van der Waals surface area contributed by atoms with E-state index in [9.17, 15) is 4.79 Å². The van der Waals surface area contributed by atoms with Gasteiger partial charge in [0.05, 0.1) is 0 Å². The molecule has 0 aliphatic heterocycles. The number of anilines is 1. The molecule has 0 fully saturated rings. The van der Waals surface area contributed by atoms with Gasteiger partial charge in [-0.05, 0) is 30.3 Å². The number of rotatable bonds is 5. The Balaban J connectivity index is 1.57. The van der Waals surface area contributed by atoms with Gasteiger partial charge in [-0.3, -0.25) is 15.1 Å². The van der Waals surface area contributed by atoms with Gasteiger partial charge >= 0.3 is 0 Å². The molecule has 0 aliphatic carbocycles. The third-order valence-electron chi connectivity index (χ3n) is 2.75. The van der Waals surface area contributed by atoms with Crippen LogP contribution < -0.4 is 10.1 Å². The van der Waals surface area contributed by atoms with Crippen molar-refractivity contribution < 1.29 is 9.53 Å². The molecule has 0 saturated heterocycles. The maximum Gasteiger partial charge on any atom is 0.264 e. The molecule has 116 valence electrons. The minimum atomic E-state index is -0.293. The molecular formula is C15H11BrN4O2S. The molecule has 0 spiro atoms. The minimum Gasteiger partial charge on any atom is -0.484 e. The SMILES string of the molecule is O=C(COc1cccc(Br)c1)Nc1nnc(-c2cccnc2)s1. The number of hydrogen-bond acceptors (Lipinski definition) is 6. The second-order valence-electron chi connectivity index (χ2n) is 4.45. The highest BCUT2D eigenvalue weighted by Gasteiger charge is 2.10. The Kier molecular flexibility index (Phi) is 4.94. The fourth-order valence-corrected chi connectivity index (χ4v) is 2.87. The Morgan fingerprint density at radius 2 is 2.17 bits per heavy atom. The Hall–Kier alpha value is -2.32. The summed E-state index contributed by atoms with van der Waals surface area (Å²) >= 11 is 4.63. The summed E-state index contributed by atoms with van der Waals surface area (Å²) < 4.78 is 6.31. The number of carbonyl (C=O) groups excluding carboxylic acids is 1. The van der Waals surface area contributed by atoms with Gasteiger partial charge in [-0.2, -0.15) is 0 Å². The van der Waals surface area contributed by atoms with Gasteiger partial charge in [0.25, 0.3) is 5.91 Å². The quantitative estimate of drug-likeness (QED) is 0.722. The van der Waals surface area contributed by atoms with Crippen LogP contribution in [0.2, 0.25) is 0 Å². The van der Waals surface area contributed by atoms with Crippen LogP contribution in [-0.4, -0.2) is 27.7 Å². The van der Waals surface area contributed by atoms with E-state index in [0.29, 0.717) is 15.9 Å². The van der Waals surface area contributed by atoms with Crippen molar-refractivity contribution in [1.82, 2.24) is 15.2 Å². The number of benzene rings is 1. The van der Waals surface area contributed by atoms with Crippen LogP contribution in [0.5, 0.6) is 5.75 Å². The van der Waals surface area contributed by atoms with Crippen LogP contribution in [0.15, 0.2) is 53.3 Å². The number of halogens is 1. The molecule has 1 N–H and O–H groups in total. The average molecular weight is 391 g/mol. The third-order valence-corrected chi connectivity index (χ3v) is 4.13. The van der Waals surface area contributed by atoms with Gasteiger partial charge in [-0.15, -0.1) is 10.2 Å². The van der Waals surface area contributed by atoms with Gasteiger partial charge < -0.3 is 4.74 Å². The van der Waals surface area contributed by atoms with Crippen LogP contribution in [0.3, 0.4) is 0 Å². The molecule has 0 aliphatic rings. The zero-order chi connectivity index (χ0) is 16.1. The Morgan fingerprint density at radius 1 is 1.26 bits per heavy atom. The zero-order valence-electron chi connectivity index (χ0n) is 11.8. The maximum atomic E-state index is 11.9. The van der Waals surface area contributed by atoms with E-state index in [0.717, 1.165) is 10.0 Å². The molecule has 2 aromatic heterocycles. The van der Waals surface area contributed by atoms with Gasteiger partial charge in [-0.1, -0.05) is 33.3 Å². The van der Waals surface area contributed by atoms with E-state index in [2.05, 4.69) is 36.4 Å². The van der Waals surface area contributed by atoms with Gasteiger partial charge in [0.1, 0.15) is 5.75 Å². The van der Waals surface area contributed by atoms with Crippen molar-refractivity contribution in [2.24, 2.45) is 0 Å². The van der Waals surface area contributed by atoms with Gasteiger partial charge in [0.2, 0.25) is 5.13 Å². The number of pyridine rings is 1. The summed E-state index contributed by atoms with van der Waals surface area (Å²) in [6.07, 6.45) is 3.38. The molecule has 0 saturated carbocycles. The molecule has 2 heterocycles. The molecule has 0 unspecified atom stereocenters. The fourth-order valence-electron chi connectivity index (χ4n) is 1.74. The van der Waals surface area contributed by atoms with E-state index in [1.807, 2.05) is 24.3 Å². The summed E-state index contributed by atoms with van der Waals surface area (Å²) in [7, 11) is 0. The van der Waals surface area contributed by atoms with E-state index in [1.165, 1.54) is 11.3 Å². The molecular weight excluding hydrogens is 380 g/mol. The fraction of sp³-hybridized carbons (Fsp3) is 0.0667. The number of nitrogens with one attached hydrogen (secondary N) is 1. The highest BCUT2D eigenvalue weighted by atomic mass is 79.9. The molecule has 6 nitrogen and oxygen atoms in total. The van der Waals surface area contributed by atoms with Crippen molar-refractivity contribution in [2.45, 2.75) is 0 Å². The highest BCUT2D eigenvalue weighted by molar-refractivity contribution is 9.10. The van der Waals surface area contributed by atoms with Crippen molar-refractivity contribution in [1.29, 1.82) is 0 Å². The number of nitrogens with zero attached hydrogens (tertiary/aromatic N) is 3. The summed E-state index contributed by atoms with van der Waals surface area (Å²) in [4.78, 5) is 15.9. The smallest absolute Gasteiger partial charge is 0.264 e. The van der Waals surface area contributed by atoms with E-state index in [-0.39, 0.29) is 12.5 Å². The lowest BCUT2D eigenvalue weighted by molar-refractivity contribution is -0.118. The van der Waals surface area contributed by atoms with Gasteiger partial charge in [-0.25, -0.2) is 0 Å². The molecule has 0 bridgehead atoms. The summed E-state index contributed by atoms with van der Waals surface area (Å²) in [6, 6.07) is 11.0. The van der Waals surface area contributed by atoms with Crippen molar-refractivity contribution in [3.05, 3.63) is 53.3 Å². The molecule has 23 heavy (non-hydrogen) atoms. The third kappa shape index (κ3) is 4.33. The summed E-state index contributed by atoms with van der Waals surface area (Å²) in [5.41, 5.74) is 0.857. The predicted octanol–water partition coefficient (Wildman–Crippen LogP) is 3.38. The van der Waals surface area contributed by atoms with Crippen LogP contribution >= 0.6 is 27.3 Å². The van der Waals surface area contributed by atoms with E-state index >= 15 is 0 Å². The van der Waals surface area contributed by atoms with Crippen molar-refractivity contribution in [2.75, 3.05) is 11.9 Å². The normalized spacial score (nSPS) is 10.3. The first kappa shape index (κ1) is 15.6. The van der Waals surface area contributed by atoms with Crippen LogP contribution in [0, 0.1) is 0 Å². The van der Waals surface area contributed by atoms with Crippen molar-refractivity contribution in [3.8, 4) is 16.3 Å². The Labute approximate surface area is 144 Å². The summed E-state index contributed by atoms with van der Waals surface area (Å²) in [5, 5.41) is 11.8. The highest BCUT2D eigenvalue weighted by Crippen LogP contribution is 2.25. The van der Waals surface area contributed by atoms with Crippen LogP contribution in [0.1, 0.15) is 0 Å². The minimum absolute atomic E-state index is 0.0989. The number of ether oxygens (including phenoxy) is 1. The van der Waals surface area contributed by atoms with Crippen molar-refractivity contribution >= 4 is 38.3 Å². The number of carbonyl (C=O) groups is 1. The summed E-state index contributed by atoms with van der Waals surface area (Å²) in [6.45, 7) is -0.0989. The topological polar surface area (TPSA) is 77.0 Å². The van der Waals surface area contributed by atoms with Crippen LogP contribution in [0.25, 0.3) is 10.6 Å². The molecule has 8 heteroatoms. The maximum absolute atomic E-state index is 11.9. The lowest BCUT2D eigenvalue weighted by Crippen LogP contribution is -2.20.